The van der Waals surface area contributed by atoms with Gasteiger partial charge in [0.05, 0.1) is 5.75 Å². The van der Waals surface area contributed by atoms with Crippen LogP contribution in [0.25, 0.3) is 0 Å². The average Bonchev–Trinajstić information content (AvgIpc) is 2.08. The van der Waals surface area contributed by atoms with Crippen LogP contribution >= 0.6 is 0 Å². The van der Waals surface area contributed by atoms with E-state index >= 15 is 0 Å². The van der Waals surface area contributed by atoms with Crippen LogP contribution in [0.3, 0.4) is 0 Å². The van der Waals surface area contributed by atoms with E-state index in [9.17, 15) is 8.42 Å². The van der Waals surface area contributed by atoms with Gasteiger partial charge in [-0.1, -0.05) is 20.8 Å². The van der Waals surface area contributed by atoms with Gasteiger partial charge in [0.2, 0.25) is 10.0 Å². The second-order valence-electron chi connectivity index (χ2n) is 6.17. The standard InChI is InChI=1S/C11H24N2O2S/c1-10(2,3)7-8-16(14,15)13-9-11(12)5-4-6-11/h13H,4-9,12H2,1-3H3. The third-order valence-electron chi connectivity index (χ3n) is 3.11. The van der Waals surface area contributed by atoms with Crippen molar-refractivity contribution in [3.8, 4) is 0 Å². The Balaban J connectivity index is 2.34. The third-order valence-corrected chi connectivity index (χ3v) is 4.44. The topological polar surface area (TPSA) is 72.2 Å². The zero-order valence-electron chi connectivity index (χ0n) is 10.5. The molecule has 0 aromatic carbocycles. The highest BCUT2D eigenvalue weighted by molar-refractivity contribution is 7.89. The minimum atomic E-state index is -3.15. The van der Waals surface area contributed by atoms with Crippen LogP contribution in [-0.4, -0.2) is 26.3 Å². The largest absolute Gasteiger partial charge is 0.324 e. The highest BCUT2D eigenvalue weighted by atomic mass is 32.2. The van der Waals surface area contributed by atoms with E-state index in [4.69, 9.17) is 5.73 Å². The maximum atomic E-state index is 11.7. The molecule has 0 radical (unpaired) electrons. The summed E-state index contributed by atoms with van der Waals surface area (Å²) in [5.74, 6) is 0.187. The van der Waals surface area contributed by atoms with Crippen LogP contribution in [0.1, 0.15) is 46.5 Å². The maximum absolute atomic E-state index is 11.7. The molecule has 0 amide bonds. The fourth-order valence-electron chi connectivity index (χ4n) is 1.57. The molecule has 0 aromatic heterocycles. The molecule has 16 heavy (non-hydrogen) atoms. The molecule has 0 aliphatic heterocycles. The SMILES string of the molecule is CC(C)(C)CCS(=O)(=O)NCC1(N)CCC1. The summed E-state index contributed by atoms with van der Waals surface area (Å²) in [6.45, 7) is 6.51. The Kier molecular flexibility index (Phi) is 4.03. The van der Waals surface area contributed by atoms with E-state index in [1.165, 1.54) is 0 Å². The molecule has 1 aliphatic rings. The molecule has 5 heteroatoms. The van der Waals surface area contributed by atoms with Crippen molar-refractivity contribution in [1.82, 2.24) is 4.72 Å². The number of hydrogen-bond acceptors (Lipinski definition) is 3. The molecular formula is C11H24N2O2S. The van der Waals surface area contributed by atoms with Gasteiger partial charge < -0.3 is 5.73 Å². The molecule has 1 aliphatic carbocycles. The first kappa shape index (κ1) is 13.9. The summed E-state index contributed by atoms with van der Waals surface area (Å²) in [6, 6.07) is 0. The Bertz CT molecular complexity index is 326. The Morgan fingerprint density at radius 1 is 1.31 bits per heavy atom. The van der Waals surface area contributed by atoms with Crippen molar-refractivity contribution in [3.05, 3.63) is 0 Å². The van der Waals surface area contributed by atoms with Crippen LogP contribution < -0.4 is 10.5 Å². The van der Waals surface area contributed by atoms with E-state index in [0.717, 1.165) is 19.3 Å². The lowest BCUT2D eigenvalue weighted by Crippen LogP contribution is -2.55. The fraction of sp³-hybridized carbons (Fsp3) is 1.00. The number of rotatable bonds is 5. The minimum Gasteiger partial charge on any atom is -0.324 e. The van der Waals surface area contributed by atoms with Gasteiger partial charge in [0.15, 0.2) is 0 Å². The van der Waals surface area contributed by atoms with Crippen molar-refractivity contribution >= 4 is 10.0 Å². The van der Waals surface area contributed by atoms with Crippen LogP contribution in [0.4, 0.5) is 0 Å². The minimum absolute atomic E-state index is 0.0472. The number of hydrogen-bond donors (Lipinski definition) is 2. The predicted octanol–water partition coefficient (Wildman–Crippen LogP) is 1.22. The summed E-state index contributed by atoms with van der Waals surface area (Å²) in [5, 5.41) is 0. The van der Waals surface area contributed by atoms with Crippen molar-refractivity contribution < 1.29 is 8.42 Å². The highest BCUT2D eigenvalue weighted by Crippen LogP contribution is 2.28. The molecule has 1 fully saturated rings. The average molecular weight is 248 g/mol. The van der Waals surface area contributed by atoms with E-state index in [0.29, 0.717) is 13.0 Å². The highest BCUT2D eigenvalue weighted by Gasteiger charge is 2.33. The molecule has 0 atom stereocenters. The zero-order chi connectivity index (χ0) is 12.4. The molecule has 1 rings (SSSR count). The van der Waals surface area contributed by atoms with Crippen molar-refractivity contribution in [3.63, 3.8) is 0 Å². The van der Waals surface area contributed by atoms with E-state index in [2.05, 4.69) is 4.72 Å². The molecule has 0 spiro atoms. The summed E-state index contributed by atoms with van der Waals surface area (Å²) >= 11 is 0. The van der Waals surface area contributed by atoms with Gasteiger partial charge in [0, 0.05) is 12.1 Å². The number of nitrogens with one attached hydrogen (secondary N) is 1. The molecule has 0 saturated heterocycles. The summed E-state index contributed by atoms with van der Waals surface area (Å²) in [7, 11) is -3.15. The molecule has 1 saturated carbocycles. The molecule has 0 bridgehead atoms. The number of nitrogens with two attached hydrogens (primary N) is 1. The first-order valence-corrected chi connectivity index (χ1v) is 7.53. The smallest absolute Gasteiger partial charge is 0.211 e. The molecule has 0 heterocycles. The molecule has 4 nitrogen and oxygen atoms in total. The Morgan fingerprint density at radius 3 is 2.25 bits per heavy atom. The Morgan fingerprint density at radius 2 is 1.88 bits per heavy atom. The lowest BCUT2D eigenvalue weighted by Gasteiger charge is -2.38. The van der Waals surface area contributed by atoms with Crippen LogP contribution in [0, 0.1) is 5.41 Å². The van der Waals surface area contributed by atoms with E-state index in [1.807, 2.05) is 20.8 Å². The molecule has 96 valence electrons. The van der Waals surface area contributed by atoms with Gasteiger partial charge in [-0.05, 0) is 31.1 Å². The first-order chi connectivity index (χ1) is 7.12. The molecule has 0 unspecified atom stereocenters. The van der Waals surface area contributed by atoms with Gasteiger partial charge in [-0.25, -0.2) is 13.1 Å². The summed E-state index contributed by atoms with van der Waals surface area (Å²) in [5.41, 5.74) is 5.73. The van der Waals surface area contributed by atoms with Gasteiger partial charge >= 0.3 is 0 Å². The second-order valence-corrected chi connectivity index (χ2v) is 8.09. The quantitative estimate of drug-likeness (QED) is 0.768. The van der Waals surface area contributed by atoms with Crippen molar-refractivity contribution in [2.24, 2.45) is 11.1 Å². The normalized spacial score (nSPS) is 20.5. The molecular weight excluding hydrogens is 224 g/mol. The zero-order valence-corrected chi connectivity index (χ0v) is 11.4. The summed E-state index contributed by atoms with van der Waals surface area (Å²) < 4.78 is 26.0. The van der Waals surface area contributed by atoms with Crippen LogP contribution in [0.5, 0.6) is 0 Å². The number of sulfonamides is 1. The van der Waals surface area contributed by atoms with Crippen molar-refractivity contribution in [2.75, 3.05) is 12.3 Å². The maximum Gasteiger partial charge on any atom is 0.211 e. The van der Waals surface area contributed by atoms with E-state index in [-0.39, 0.29) is 16.7 Å². The van der Waals surface area contributed by atoms with Gasteiger partial charge in [-0.15, -0.1) is 0 Å². The summed E-state index contributed by atoms with van der Waals surface area (Å²) in [4.78, 5) is 0. The Labute approximate surface area is 99.0 Å². The van der Waals surface area contributed by atoms with Crippen molar-refractivity contribution in [1.29, 1.82) is 0 Å². The van der Waals surface area contributed by atoms with Crippen LogP contribution in [0.2, 0.25) is 0 Å². The van der Waals surface area contributed by atoms with Crippen LogP contribution in [0.15, 0.2) is 0 Å². The van der Waals surface area contributed by atoms with Crippen molar-refractivity contribution in [2.45, 2.75) is 52.0 Å². The lowest BCUT2D eigenvalue weighted by molar-refractivity contribution is 0.251. The third kappa shape index (κ3) is 4.80. The summed E-state index contributed by atoms with van der Waals surface area (Å²) in [6.07, 6.45) is 3.63. The van der Waals surface area contributed by atoms with Gasteiger partial charge in [0.1, 0.15) is 0 Å². The van der Waals surface area contributed by atoms with Gasteiger partial charge in [0.25, 0.3) is 0 Å². The van der Waals surface area contributed by atoms with Crippen LogP contribution in [-0.2, 0) is 10.0 Å². The van der Waals surface area contributed by atoms with Gasteiger partial charge in [-0.3, -0.25) is 0 Å². The predicted molar refractivity (Wildman–Crippen MR) is 66.6 cm³/mol. The van der Waals surface area contributed by atoms with E-state index < -0.39 is 10.0 Å². The second kappa shape index (κ2) is 4.63. The lowest BCUT2D eigenvalue weighted by atomic mass is 9.78. The molecule has 3 N–H and O–H groups in total. The van der Waals surface area contributed by atoms with E-state index in [1.54, 1.807) is 0 Å². The Hall–Kier alpha value is -0.130. The monoisotopic (exact) mass is 248 g/mol. The fourth-order valence-corrected chi connectivity index (χ4v) is 3.11. The first-order valence-electron chi connectivity index (χ1n) is 5.88. The molecule has 0 aromatic rings. The van der Waals surface area contributed by atoms with Gasteiger partial charge in [-0.2, -0.15) is 0 Å².